The molecule has 0 saturated heterocycles. The van der Waals surface area contributed by atoms with Crippen molar-refractivity contribution in [3.05, 3.63) is 0 Å². The molecule has 0 aromatic heterocycles. The third kappa shape index (κ3) is 13.2. The van der Waals surface area contributed by atoms with Crippen molar-refractivity contribution in [2.75, 3.05) is 52.4 Å². The van der Waals surface area contributed by atoms with Crippen LogP contribution in [0.3, 0.4) is 0 Å². The quantitative estimate of drug-likeness (QED) is 0.117. The van der Waals surface area contributed by atoms with Crippen molar-refractivity contribution in [3.63, 3.8) is 0 Å². The van der Waals surface area contributed by atoms with E-state index in [9.17, 15) is 24.0 Å². The van der Waals surface area contributed by atoms with Gasteiger partial charge in [-0.2, -0.15) is 0 Å². The molecule has 0 aromatic carbocycles. The summed E-state index contributed by atoms with van der Waals surface area (Å²) >= 11 is 4.50. The largest absolute Gasteiger partial charge is 0.480 e. The Bertz CT molecular complexity index is 665. The number of carboxylic acids is 5. The highest BCUT2D eigenvalue weighted by Crippen LogP contribution is 2.06. The molecule has 0 aliphatic rings. The van der Waals surface area contributed by atoms with Crippen LogP contribution in [0.25, 0.3) is 0 Å². The molecule has 5 N–H and O–H groups in total. The Labute approximate surface area is 175 Å². The Morgan fingerprint density at radius 1 is 0.700 bits per heavy atom. The highest BCUT2D eigenvalue weighted by Gasteiger charge is 2.26. The molecule has 0 spiro atoms. The number of carboxylic acid groups (broad SMARTS) is 5. The van der Waals surface area contributed by atoms with E-state index >= 15 is 0 Å². The third-order valence-electron chi connectivity index (χ3n) is 3.53. The van der Waals surface area contributed by atoms with Crippen LogP contribution in [0.1, 0.15) is 0 Å². The number of nitrogens with zero attached hydrogens (tertiary/aromatic N) is 4. The number of isothiocyanates is 1. The fourth-order valence-corrected chi connectivity index (χ4v) is 2.57. The van der Waals surface area contributed by atoms with Gasteiger partial charge in [0, 0.05) is 19.6 Å². The lowest BCUT2D eigenvalue weighted by atomic mass is 10.3. The molecule has 30 heavy (non-hydrogen) atoms. The van der Waals surface area contributed by atoms with Gasteiger partial charge >= 0.3 is 29.8 Å². The average molecular weight is 450 g/mol. The molecule has 1 unspecified atom stereocenters. The number of hydrogen-bond donors (Lipinski definition) is 5. The minimum Gasteiger partial charge on any atom is -0.480 e. The molecular weight excluding hydrogens is 428 g/mol. The second kappa shape index (κ2) is 14.1. The first-order valence-corrected chi connectivity index (χ1v) is 8.70. The standard InChI is InChI=1S/C15H22N4O10S/c20-11(21)4-17(1-2-18(5-12(22)23)6-13(24)25)3-10(16-9-30)19(7-14(26)27)8-15(28)29/h10H,1-8H2,(H,20,21)(H,22,23)(H,24,25)(H,26,27)(H,28,29). The highest BCUT2D eigenvalue weighted by atomic mass is 32.1. The van der Waals surface area contributed by atoms with Crippen molar-refractivity contribution >= 4 is 47.2 Å². The SMILES string of the molecule is O=C(O)CN(CCN(CC(=O)O)CC(N=C=S)N(CC(=O)O)CC(=O)O)CC(=O)O. The summed E-state index contributed by atoms with van der Waals surface area (Å²) in [7, 11) is 0. The maximum absolute atomic E-state index is 11.2. The number of hydrogen-bond acceptors (Lipinski definition) is 10. The van der Waals surface area contributed by atoms with Crippen LogP contribution in [0.15, 0.2) is 4.99 Å². The lowest BCUT2D eigenvalue weighted by Gasteiger charge is -2.31. The van der Waals surface area contributed by atoms with Gasteiger partial charge in [-0.1, -0.05) is 0 Å². The van der Waals surface area contributed by atoms with E-state index in [1.807, 2.05) is 5.16 Å². The molecule has 0 bridgehead atoms. The van der Waals surface area contributed by atoms with Gasteiger partial charge in [-0.15, -0.1) is 0 Å². The van der Waals surface area contributed by atoms with Crippen LogP contribution >= 0.6 is 12.2 Å². The minimum absolute atomic E-state index is 0.121. The molecule has 0 saturated carbocycles. The van der Waals surface area contributed by atoms with E-state index < -0.39 is 68.7 Å². The molecule has 15 heteroatoms. The number of rotatable bonds is 17. The summed E-state index contributed by atoms with van der Waals surface area (Å²) in [5.41, 5.74) is 0. The Hall–Kier alpha value is -2.97. The summed E-state index contributed by atoms with van der Waals surface area (Å²) in [6.45, 7) is -3.75. The molecule has 0 fully saturated rings. The average Bonchev–Trinajstić information content (AvgIpc) is 2.56. The molecule has 0 aromatic rings. The van der Waals surface area contributed by atoms with E-state index in [1.54, 1.807) is 0 Å². The van der Waals surface area contributed by atoms with Gasteiger partial charge in [-0.3, -0.25) is 38.7 Å². The molecule has 168 valence electrons. The monoisotopic (exact) mass is 450 g/mol. The van der Waals surface area contributed by atoms with E-state index in [1.165, 1.54) is 4.90 Å². The third-order valence-corrected chi connectivity index (χ3v) is 3.64. The molecule has 14 nitrogen and oxygen atoms in total. The van der Waals surface area contributed by atoms with Crippen LogP contribution in [-0.2, 0) is 24.0 Å². The van der Waals surface area contributed by atoms with Crippen molar-refractivity contribution < 1.29 is 49.5 Å². The summed E-state index contributed by atoms with van der Waals surface area (Å²) < 4.78 is 0. The topological polar surface area (TPSA) is 209 Å². The Kier molecular flexibility index (Phi) is 12.7. The molecule has 0 amide bonds. The molecule has 0 rings (SSSR count). The van der Waals surface area contributed by atoms with E-state index in [0.29, 0.717) is 0 Å². The van der Waals surface area contributed by atoms with E-state index in [-0.39, 0.29) is 19.6 Å². The van der Waals surface area contributed by atoms with Gasteiger partial charge in [-0.05, 0) is 12.2 Å². The number of carbonyl (C=O) groups is 5. The van der Waals surface area contributed by atoms with Gasteiger partial charge in [0.2, 0.25) is 0 Å². The van der Waals surface area contributed by atoms with Crippen molar-refractivity contribution in [2.45, 2.75) is 6.17 Å². The van der Waals surface area contributed by atoms with Crippen molar-refractivity contribution in [1.29, 1.82) is 0 Å². The van der Waals surface area contributed by atoms with Gasteiger partial charge < -0.3 is 25.5 Å². The first-order chi connectivity index (χ1) is 13.9. The zero-order valence-corrected chi connectivity index (χ0v) is 16.5. The fourth-order valence-electron chi connectivity index (χ4n) is 2.45. The molecule has 0 aliphatic heterocycles. The summed E-state index contributed by atoms with van der Waals surface area (Å²) in [6.07, 6.45) is -1.17. The van der Waals surface area contributed by atoms with Crippen LogP contribution in [0.4, 0.5) is 0 Å². The predicted molar refractivity (Wildman–Crippen MR) is 101 cm³/mol. The van der Waals surface area contributed by atoms with Crippen molar-refractivity contribution in [3.8, 4) is 0 Å². The molecule has 0 aliphatic carbocycles. The van der Waals surface area contributed by atoms with Crippen LogP contribution in [-0.4, -0.2) is 134 Å². The summed E-state index contributed by atoms with van der Waals surface area (Å²) in [6, 6.07) is 0. The maximum Gasteiger partial charge on any atom is 0.317 e. The van der Waals surface area contributed by atoms with Crippen LogP contribution in [0.2, 0.25) is 0 Å². The fraction of sp³-hybridized carbons (Fsp3) is 0.600. The lowest BCUT2D eigenvalue weighted by molar-refractivity contribution is -0.144. The predicted octanol–water partition coefficient (Wildman–Crippen LogP) is -2.26. The highest BCUT2D eigenvalue weighted by molar-refractivity contribution is 7.78. The van der Waals surface area contributed by atoms with Gasteiger partial charge in [0.15, 0.2) is 0 Å². The summed E-state index contributed by atoms with van der Waals surface area (Å²) in [4.78, 5) is 61.9. The zero-order valence-electron chi connectivity index (χ0n) is 15.7. The van der Waals surface area contributed by atoms with E-state index in [0.717, 1.165) is 9.80 Å². The summed E-state index contributed by atoms with van der Waals surface area (Å²) in [5, 5.41) is 46.8. The Morgan fingerprint density at radius 2 is 1.07 bits per heavy atom. The molecule has 0 heterocycles. The normalized spacial score (nSPS) is 11.8. The first-order valence-electron chi connectivity index (χ1n) is 8.29. The zero-order chi connectivity index (χ0) is 23.3. The Balaban J connectivity index is 5.47. The minimum atomic E-state index is -1.35. The molecular formula is C15H22N4O10S. The Morgan fingerprint density at radius 3 is 1.43 bits per heavy atom. The second-order valence-corrected chi connectivity index (χ2v) is 6.20. The lowest BCUT2D eigenvalue weighted by Crippen LogP contribution is -2.50. The summed E-state index contributed by atoms with van der Waals surface area (Å²) in [5.74, 6) is -6.53. The van der Waals surface area contributed by atoms with Gasteiger partial charge in [0.1, 0.15) is 6.17 Å². The number of thiocarbonyl (C=S) groups is 1. The number of aliphatic imine (C=N–C) groups is 1. The van der Waals surface area contributed by atoms with Crippen molar-refractivity contribution in [1.82, 2.24) is 14.7 Å². The van der Waals surface area contributed by atoms with E-state index in [4.69, 9.17) is 25.5 Å². The van der Waals surface area contributed by atoms with Gasteiger partial charge in [0.25, 0.3) is 0 Å². The van der Waals surface area contributed by atoms with Gasteiger partial charge in [-0.25, -0.2) is 4.99 Å². The first kappa shape index (κ1) is 27.0. The maximum atomic E-state index is 11.2. The molecule has 1 atom stereocenters. The van der Waals surface area contributed by atoms with Crippen LogP contribution in [0, 0.1) is 0 Å². The number of aliphatic carboxylic acids is 5. The molecule has 0 radical (unpaired) electrons. The van der Waals surface area contributed by atoms with Crippen molar-refractivity contribution in [2.24, 2.45) is 4.99 Å². The van der Waals surface area contributed by atoms with Gasteiger partial charge in [0.05, 0.1) is 37.9 Å². The van der Waals surface area contributed by atoms with Crippen LogP contribution in [0.5, 0.6) is 0 Å². The smallest absolute Gasteiger partial charge is 0.317 e. The second-order valence-electron chi connectivity index (χ2n) is 6.02. The van der Waals surface area contributed by atoms with E-state index in [2.05, 4.69) is 17.2 Å². The van der Waals surface area contributed by atoms with Crippen LogP contribution < -0.4 is 0 Å².